The van der Waals surface area contributed by atoms with Crippen molar-refractivity contribution in [1.82, 2.24) is 10.6 Å². The largest absolute Gasteiger partial charge is 0.356 e. The summed E-state index contributed by atoms with van der Waals surface area (Å²) in [6.07, 6.45) is 1.39. The van der Waals surface area contributed by atoms with Crippen LogP contribution in [0.15, 0.2) is 24.3 Å². The molecule has 9 heteroatoms. The molecule has 1 rings (SSSR count). The van der Waals surface area contributed by atoms with Crippen molar-refractivity contribution in [1.29, 1.82) is 0 Å². The quantitative estimate of drug-likeness (QED) is 0.537. The third-order valence-electron chi connectivity index (χ3n) is 3.29. The molecule has 0 saturated carbocycles. The Labute approximate surface area is 147 Å². The first-order valence-corrected chi connectivity index (χ1v) is 9.63. The van der Waals surface area contributed by atoms with Crippen LogP contribution in [0.5, 0.6) is 0 Å². The zero-order valence-electron chi connectivity index (χ0n) is 14.3. The summed E-state index contributed by atoms with van der Waals surface area (Å²) in [6.45, 7) is 3.88. The van der Waals surface area contributed by atoms with Crippen LogP contribution in [0.3, 0.4) is 0 Å². The highest BCUT2D eigenvalue weighted by atomic mass is 32.2. The molecule has 1 aromatic carbocycles. The fourth-order valence-electron chi connectivity index (χ4n) is 2.08. The highest BCUT2D eigenvalue weighted by Crippen LogP contribution is 2.12. The van der Waals surface area contributed by atoms with E-state index in [0.29, 0.717) is 25.9 Å². The zero-order valence-corrected chi connectivity index (χ0v) is 15.2. The van der Waals surface area contributed by atoms with Gasteiger partial charge in [-0.15, -0.1) is 0 Å². The summed E-state index contributed by atoms with van der Waals surface area (Å²) in [7, 11) is -3.77. The van der Waals surface area contributed by atoms with Crippen molar-refractivity contribution < 1.29 is 22.4 Å². The molecular weight excluding hydrogens is 349 g/mol. The lowest BCUT2D eigenvalue weighted by Crippen LogP contribution is -2.35. The molecule has 3 N–H and O–H groups in total. The van der Waals surface area contributed by atoms with E-state index in [4.69, 9.17) is 0 Å². The number of unbranched alkanes of at least 4 members (excludes halogenated alkanes) is 1. The van der Waals surface area contributed by atoms with Crippen LogP contribution in [0.1, 0.15) is 26.7 Å². The Balaban J connectivity index is 2.36. The van der Waals surface area contributed by atoms with Crippen molar-refractivity contribution in [2.24, 2.45) is 5.92 Å². The maximum Gasteiger partial charge on any atom is 0.233 e. The summed E-state index contributed by atoms with van der Waals surface area (Å²) in [5.41, 5.74) is 0.116. The lowest BCUT2D eigenvalue weighted by molar-refractivity contribution is -0.124. The summed E-state index contributed by atoms with van der Waals surface area (Å²) in [4.78, 5) is 22.6. The molecule has 0 aromatic heterocycles. The molecule has 140 valence electrons. The predicted molar refractivity (Wildman–Crippen MR) is 93.9 cm³/mol. The molecule has 0 radical (unpaired) electrons. The van der Waals surface area contributed by atoms with Crippen LogP contribution in [-0.2, 0) is 19.6 Å². The molecule has 0 saturated heterocycles. The second-order valence-corrected chi connectivity index (χ2v) is 7.54. The average Bonchev–Trinajstić information content (AvgIpc) is 2.49. The zero-order chi connectivity index (χ0) is 18.9. The molecule has 0 aliphatic carbocycles. The van der Waals surface area contributed by atoms with E-state index in [2.05, 4.69) is 15.4 Å². The Morgan fingerprint density at radius 3 is 2.40 bits per heavy atom. The topological polar surface area (TPSA) is 104 Å². The van der Waals surface area contributed by atoms with Gasteiger partial charge in [-0.1, -0.05) is 13.0 Å². The monoisotopic (exact) mass is 373 g/mol. The average molecular weight is 373 g/mol. The number of sulfonamides is 1. The van der Waals surface area contributed by atoms with Crippen molar-refractivity contribution >= 4 is 27.5 Å². The van der Waals surface area contributed by atoms with E-state index in [9.17, 15) is 22.4 Å². The third-order valence-corrected chi connectivity index (χ3v) is 4.78. The molecule has 1 unspecified atom stereocenters. The minimum Gasteiger partial charge on any atom is -0.356 e. The number of benzene rings is 1. The lowest BCUT2D eigenvalue weighted by atomic mass is 10.2. The van der Waals surface area contributed by atoms with Gasteiger partial charge in [-0.3, -0.25) is 14.3 Å². The van der Waals surface area contributed by atoms with E-state index in [1.807, 2.05) is 0 Å². The number of rotatable bonds is 10. The normalized spacial score (nSPS) is 12.3. The van der Waals surface area contributed by atoms with Crippen LogP contribution in [-0.4, -0.2) is 39.1 Å². The number of carbonyl (C=O) groups excluding carboxylic acids is 2. The van der Waals surface area contributed by atoms with Crippen LogP contribution >= 0.6 is 0 Å². The number of anilines is 1. The maximum atomic E-state index is 13.1. The Morgan fingerprint density at radius 2 is 1.80 bits per heavy atom. The van der Waals surface area contributed by atoms with Crippen molar-refractivity contribution in [2.45, 2.75) is 26.7 Å². The molecule has 0 spiro atoms. The van der Waals surface area contributed by atoms with Crippen molar-refractivity contribution in [3.8, 4) is 0 Å². The summed E-state index contributed by atoms with van der Waals surface area (Å²) in [5.74, 6) is -2.18. The van der Waals surface area contributed by atoms with E-state index >= 15 is 0 Å². The van der Waals surface area contributed by atoms with Crippen LogP contribution in [0.2, 0.25) is 0 Å². The standard InChI is InChI=1S/C16H24FN3O4S/c1-12(16(22)19-9-4-3-8-18-13(2)21)11-25(23,24)20-15-7-5-6-14(17)10-15/h5-7,10,12,20H,3-4,8-9,11H2,1-2H3,(H,18,21)(H,19,22). The van der Waals surface area contributed by atoms with Crippen LogP contribution in [0.25, 0.3) is 0 Å². The molecule has 1 aromatic rings. The predicted octanol–water partition coefficient (Wildman–Crippen LogP) is 1.24. The molecule has 7 nitrogen and oxygen atoms in total. The van der Waals surface area contributed by atoms with Crippen molar-refractivity contribution in [2.75, 3.05) is 23.6 Å². The van der Waals surface area contributed by atoms with Gasteiger partial charge in [-0.2, -0.15) is 0 Å². The van der Waals surface area contributed by atoms with Crippen LogP contribution < -0.4 is 15.4 Å². The van der Waals surface area contributed by atoms with Gasteiger partial charge in [0.2, 0.25) is 21.8 Å². The fraction of sp³-hybridized carbons (Fsp3) is 0.500. The van der Waals surface area contributed by atoms with Crippen molar-refractivity contribution in [3.05, 3.63) is 30.1 Å². The molecule has 0 aliphatic heterocycles. The van der Waals surface area contributed by atoms with Gasteiger partial charge >= 0.3 is 0 Å². The Kier molecular flexibility index (Phi) is 8.33. The first-order chi connectivity index (χ1) is 11.7. The molecular formula is C16H24FN3O4S. The van der Waals surface area contributed by atoms with Gasteiger partial charge in [0.25, 0.3) is 0 Å². The molecule has 0 fully saturated rings. The van der Waals surface area contributed by atoms with E-state index in [-0.39, 0.29) is 17.5 Å². The maximum absolute atomic E-state index is 13.1. The Morgan fingerprint density at radius 1 is 1.16 bits per heavy atom. The molecule has 2 amide bonds. The second kappa shape index (κ2) is 9.97. The number of carbonyl (C=O) groups is 2. The highest BCUT2D eigenvalue weighted by molar-refractivity contribution is 7.92. The first-order valence-electron chi connectivity index (χ1n) is 7.98. The van der Waals surface area contributed by atoms with Gasteiger partial charge in [-0.25, -0.2) is 12.8 Å². The number of hydrogen-bond acceptors (Lipinski definition) is 4. The minimum atomic E-state index is -3.77. The third kappa shape index (κ3) is 9.04. The van der Waals surface area contributed by atoms with Gasteiger partial charge in [0.05, 0.1) is 17.4 Å². The van der Waals surface area contributed by atoms with E-state index in [1.54, 1.807) is 0 Å². The summed E-state index contributed by atoms with van der Waals surface area (Å²) >= 11 is 0. The fourth-order valence-corrected chi connectivity index (χ4v) is 3.46. The number of amides is 2. The number of nitrogens with one attached hydrogen (secondary N) is 3. The van der Waals surface area contributed by atoms with E-state index in [0.717, 1.165) is 6.07 Å². The molecule has 1 atom stereocenters. The number of hydrogen-bond donors (Lipinski definition) is 3. The first kappa shape index (κ1) is 20.9. The van der Waals surface area contributed by atoms with Crippen LogP contribution in [0.4, 0.5) is 10.1 Å². The Hall–Kier alpha value is -2.16. The minimum absolute atomic E-state index is 0.103. The summed E-state index contributed by atoms with van der Waals surface area (Å²) < 4.78 is 39.4. The lowest BCUT2D eigenvalue weighted by Gasteiger charge is -2.14. The molecule has 0 bridgehead atoms. The molecule has 25 heavy (non-hydrogen) atoms. The van der Waals surface area contributed by atoms with Gasteiger partial charge in [0.15, 0.2) is 0 Å². The molecule has 0 heterocycles. The number of halogens is 1. The summed E-state index contributed by atoms with van der Waals surface area (Å²) in [5, 5.41) is 5.31. The van der Waals surface area contributed by atoms with Gasteiger partial charge in [0.1, 0.15) is 5.82 Å². The highest BCUT2D eigenvalue weighted by Gasteiger charge is 2.21. The van der Waals surface area contributed by atoms with Gasteiger partial charge in [0, 0.05) is 20.0 Å². The van der Waals surface area contributed by atoms with Crippen molar-refractivity contribution in [3.63, 3.8) is 0 Å². The van der Waals surface area contributed by atoms with Crippen LogP contribution in [0, 0.1) is 11.7 Å². The summed E-state index contributed by atoms with van der Waals surface area (Å²) in [6, 6.07) is 5.10. The van der Waals surface area contributed by atoms with Gasteiger partial charge < -0.3 is 10.6 Å². The van der Waals surface area contributed by atoms with E-state index in [1.165, 1.54) is 32.0 Å². The van der Waals surface area contributed by atoms with E-state index < -0.39 is 27.5 Å². The second-order valence-electron chi connectivity index (χ2n) is 5.78. The van der Waals surface area contributed by atoms with Gasteiger partial charge in [-0.05, 0) is 31.0 Å². The molecule has 0 aliphatic rings. The Bertz CT molecular complexity index is 694. The SMILES string of the molecule is CC(=O)NCCCCNC(=O)C(C)CS(=O)(=O)Nc1cccc(F)c1. The smallest absolute Gasteiger partial charge is 0.233 e.